The van der Waals surface area contributed by atoms with E-state index in [4.69, 9.17) is 5.73 Å². The minimum Gasteiger partial charge on any atom is -0.353 e. The van der Waals surface area contributed by atoms with Gasteiger partial charge in [-0.3, -0.25) is 9.59 Å². The number of nitrogens with two attached hydrogens (primary N) is 1. The molecule has 0 radical (unpaired) electrons. The molecule has 0 aromatic carbocycles. The molecule has 24 heavy (non-hydrogen) atoms. The number of hydrogen-bond donors (Lipinski definition) is 2. The first-order valence-electron chi connectivity index (χ1n) is 9.11. The van der Waals surface area contributed by atoms with Gasteiger partial charge < -0.3 is 16.0 Å². The quantitative estimate of drug-likeness (QED) is 0.697. The number of nitrogens with one attached hydrogen (secondary N) is 1. The highest BCUT2D eigenvalue weighted by molar-refractivity contribution is 5.85. The van der Waals surface area contributed by atoms with Gasteiger partial charge in [-0.05, 0) is 32.1 Å². The van der Waals surface area contributed by atoms with Gasteiger partial charge in [-0.2, -0.15) is 0 Å². The van der Waals surface area contributed by atoms with Crippen LogP contribution in [0.15, 0.2) is 0 Å². The summed E-state index contributed by atoms with van der Waals surface area (Å²) in [4.78, 5) is 26.2. The number of carbonyl (C=O) groups is 2. The summed E-state index contributed by atoms with van der Waals surface area (Å²) >= 11 is 0. The SMILES string of the molecule is CC(CC(=O)N(C)CCC(N)C(C)C)NC(=O)C1CCCCC1.Cl. The van der Waals surface area contributed by atoms with E-state index in [0.29, 0.717) is 18.9 Å². The molecule has 1 rings (SSSR count). The second-order valence-corrected chi connectivity index (χ2v) is 7.46. The summed E-state index contributed by atoms with van der Waals surface area (Å²) in [5.74, 6) is 0.752. The van der Waals surface area contributed by atoms with E-state index < -0.39 is 0 Å². The molecule has 0 aromatic rings. The summed E-state index contributed by atoms with van der Waals surface area (Å²) in [7, 11) is 1.81. The Kier molecular flexibility index (Phi) is 11.3. The number of hydrogen-bond acceptors (Lipinski definition) is 3. The minimum atomic E-state index is -0.113. The second-order valence-electron chi connectivity index (χ2n) is 7.46. The summed E-state index contributed by atoms with van der Waals surface area (Å²) in [5.41, 5.74) is 6.02. The van der Waals surface area contributed by atoms with Gasteiger partial charge in [0.2, 0.25) is 11.8 Å². The number of nitrogens with zero attached hydrogens (tertiary/aromatic N) is 1. The molecule has 1 aliphatic carbocycles. The smallest absolute Gasteiger partial charge is 0.224 e. The van der Waals surface area contributed by atoms with E-state index in [1.54, 1.807) is 4.90 Å². The van der Waals surface area contributed by atoms with Crippen LogP contribution in [0.4, 0.5) is 0 Å². The van der Waals surface area contributed by atoms with E-state index >= 15 is 0 Å². The minimum absolute atomic E-state index is 0. The van der Waals surface area contributed by atoms with Crippen molar-refractivity contribution in [2.24, 2.45) is 17.6 Å². The van der Waals surface area contributed by atoms with Gasteiger partial charge in [0, 0.05) is 38.0 Å². The lowest BCUT2D eigenvalue weighted by molar-refractivity contribution is -0.131. The fraction of sp³-hybridized carbons (Fsp3) is 0.889. The van der Waals surface area contributed by atoms with Crippen molar-refractivity contribution >= 4 is 24.2 Å². The number of amides is 2. The van der Waals surface area contributed by atoms with Gasteiger partial charge in [0.05, 0.1) is 0 Å². The Morgan fingerprint density at radius 3 is 2.29 bits per heavy atom. The molecule has 2 amide bonds. The largest absolute Gasteiger partial charge is 0.353 e. The standard InChI is InChI=1S/C18H35N3O2.ClH/c1-13(2)16(19)10-11-21(4)17(22)12-14(3)20-18(23)15-8-6-5-7-9-15;/h13-16H,5-12,19H2,1-4H3,(H,20,23);1H. The first kappa shape index (κ1) is 23.2. The Bertz CT molecular complexity index is 384. The number of carbonyl (C=O) groups excluding carboxylic acids is 2. The van der Waals surface area contributed by atoms with Crippen molar-refractivity contribution in [3.8, 4) is 0 Å². The van der Waals surface area contributed by atoms with Crippen molar-refractivity contribution in [1.82, 2.24) is 10.2 Å². The molecule has 1 saturated carbocycles. The van der Waals surface area contributed by atoms with Crippen molar-refractivity contribution in [3.05, 3.63) is 0 Å². The lowest BCUT2D eigenvalue weighted by Crippen LogP contribution is -2.42. The molecule has 0 bridgehead atoms. The number of rotatable bonds is 8. The third-order valence-electron chi connectivity index (χ3n) is 4.93. The van der Waals surface area contributed by atoms with Crippen LogP contribution in [-0.4, -0.2) is 42.4 Å². The fourth-order valence-electron chi connectivity index (χ4n) is 3.00. The molecule has 6 heteroatoms. The zero-order valence-corrected chi connectivity index (χ0v) is 16.5. The molecule has 2 atom stereocenters. The van der Waals surface area contributed by atoms with Crippen LogP contribution in [0.1, 0.15) is 65.7 Å². The topological polar surface area (TPSA) is 75.4 Å². The molecule has 0 aliphatic heterocycles. The highest BCUT2D eigenvalue weighted by Gasteiger charge is 2.23. The van der Waals surface area contributed by atoms with Gasteiger partial charge in [-0.1, -0.05) is 33.1 Å². The summed E-state index contributed by atoms with van der Waals surface area (Å²) in [6.45, 7) is 6.76. The Morgan fingerprint density at radius 2 is 1.75 bits per heavy atom. The molecule has 0 aromatic heterocycles. The first-order chi connectivity index (χ1) is 10.8. The van der Waals surface area contributed by atoms with E-state index in [-0.39, 0.29) is 42.2 Å². The van der Waals surface area contributed by atoms with E-state index in [1.807, 2.05) is 14.0 Å². The van der Waals surface area contributed by atoms with Crippen molar-refractivity contribution < 1.29 is 9.59 Å². The highest BCUT2D eigenvalue weighted by atomic mass is 35.5. The van der Waals surface area contributed by atoms with Crippen LogP contribution < -0.4 is 11.1 Å². The Morgan fingerprint density at radius 1 is 1.17 bits per heavy atom. The van der Waals surface area contributed by atoms with E-state index in [9.17, 15) is 9.59 Å². The molecular weight excluding hydrogens is 326 g/mol. The van der Waals surface area contributed by atoms with Crippen molar-refractivity contribution in [3.63, 3.8) is 0 Å². The molecule has 142 valence electrons. The van der Waals surface area contributed by atoms with Crippen LogP contribution >= 0.6 is 12.4 Å². The first-order valence-corrected chi connectivity index (χ1v) is 9.11. The van der Waals surface area contributed by atoms with Crippen molar-refractivity contribution in [2.75, 3.05) is 13.6 Å². The van der Waals surface area contributed by atoms with Crippen LogP contribution in [0, 0.1) is 11.8 Å². The molecule has 0 heterocycles. The highest BCUT2D eigenvalue weighted by Crippen LogP contribution is 2.23. The molecule has 3 N–H and O–H groups in total. The van der Waals surface area contributed by atoms with Gasteiger partial charge in [-0.25, -0.2) is 0 Å². The Hall–Kier alpha value is -0.810. The molecule has 1 aliphatic rings. The monoisotopic (exact) mass is 361 g/mol. The van der Waals surface area contributed by atoms with E-state index in [1.165, 1.54) is 6.42 Å². The maximum Gasteiger partial charge on any atom is 0.224 e. The molecule has 5 nitrogen and oxygen atoms in total. The average molecular weight is 362 g/mol. The van der Waals surface area contributed by atoms with E-state index in [2.05, 4.69) is 19.2 Å². The molecule has 0 spiro atoms. The Balaban J connectivity index is 0.00000529. The van der Waals surface area contributed by atoms with Crippen LogP contribution in [0.2, 0.25) is 0 Å². The summed E-state index contributed by atoms with van der Waals surface area (Å²) < 4.78 is 0. The van der Waals surface area contributed by atoms with E-state index in [0.717, 1.165) is 32.1 Å². The van der Waals surface area contributed by atoms with Crippen LogP contribution in [0.5, 0.6) is 0 Å². The summed E-state index contributed by atoms with van der Waals surface area (Å²) in [5, 5.41) is 3.01. The molecule has 1 fully saturated rings. The third-order valence-corrected chi connectivity index (χ3v) is 4.93. The predicted molar refractivity (Wildman–Crippen MR) is 101 cm³/mol. The third kappa shape index (κ3) is 8.34. The predicted octanol–water partition coefficient (Wildman–Crippen LogP) is 2.72. The summed E-state index contributed by atoms with van der Waals surface area (Å²) in [6.07, 6.45) is 6.66. The summed E-state index contributed by atoms with van der Waals surface area (Å²) in [6, 6.07) is 0.00632. The van der Waals surface area contributed by atoms with Gasteiger partial charge in [0.1, 0.15) is 0 Å². The normalized spacial score (nSPS) is 17.8. The van der Waals surface area contributed by atoms with Crippen LogP contribution in [0.25, 0.3) is 0 Å². The number of halogens is 1. The van der Waals surface area contributed by atoms with Crippen molar-refractivity contribution in [2.45, 2.75) is 77.8 Å². The zero-order valence-electron chi connectivity index (χ0n) is 15.7. The van der Waals surface area contributed by atoms with Gasteiger partial charge in [0.15, 0.2) is 0 Å². The van der Waals surface area contributed by atoms with Crippen LogP contribution in [0.3, 0.4) is 0 Å². The maximum absolute atomic E-state index is 12.2. The second kappa shape index (κ2) is 11.7. The zero-order chi connectivity index (χ0) is 17.4. The Labute approximate surface area is 153 Å². The maximum atomic E-state index is 12.2. The lowest BCUT2D eigenvalue weighted by Gasteiger charge is -2.25. The fourth-order valence-corrected chi connectivity index (χ4v) is 3.00. The molecular formula is C18H36ClN3O2. The van der Waals surface area contributed by atoms with Gasteiger partial charge >= 0.3 is 0 Å². The lowest BCUT2D eigenvalue weighted by atomic mass is 9.88. The van der Waals surface area contributed by atoms with Gasteiger partial charge in [0.25, 0.3) is 0 Å². The molecule has 0 saturated heterocycles. The van der Waals surface area contributed by atoms with Gasteiger partial charge in [-0.15, -0.1) is 12.4 Å². The van der Waals surface area contributed by atoms with Crippen LogP contribution in [-0.2, 0) is 9.59 Å². The molecule has 2 unspecified atom stereocenters. The van der Waals surface area contributed by atoms with Crippen molar-refractivity contribution in [1.29, 1.82) is 0 Å². The average Bonchev–Trinajstić information content (AvgIpc) is 2.52.